The molecule has 1 saturated heterocycles. The van der Waals surface area contributed by atoms with Gasteiger partial charge in [0.1, 0.15) is 0 Å². The summed E-state index contributed by atoms with van der Waals surface area (Å²) in [6.45, 7) is 5.95. The van der Waals surface area contributed by atoms with Gasteiger partial charge < -0.3 is 15.1 Å². The summed E-state index contributed by atoms with van der Waals surface area (Å²) in [6, 6.07) is 1.47. The van der Waals surface area contributed by atoms with Crippen molar-refractivity contribution >= 4 is 0 Å². The molecule has 3 heteroatoms. The van der Waals surface area contributed by atoms with E-state index < -0.39 is 0 Å². The lowest BCUT2D eigenvalue weighted by molar-refractivity contribution is 0.179. The minimum Gasteiger partial charge on any atom is -0.320 e. The van der Waals surface area contributed by atoms with Gasteiger partial charge in [0.2, 0.25) is 0 Å². The molecule has 90 valence electrons. The molecular weight excluding hydrogens is 186 g/mol. The largest absolute Gasteiger partial charge is 0.320 e. The van der Waals surface area contributed by atoms with E-state index in [1.807, 2.05) is 7.05 Å². The topological polar surface area (TPSA) is 18.5 Å². The lowest BCUT2D eigenvalue weighted by Crippen LogP contribution is -2.41. The van der Waals surface area contributed by atoms with E-state index in [1.165, 1.54) is 32.4 Å². The zero-order chi connectivity index (χ0) is 11.3. The van der Waals surface area contributed by atoms with Crippen LogP contribution in [0.4, 0.5) is 0 Å². The quantitative estimate of drug-likeness (QED) is 0.710. The molecule has 0 bridgehead atoms. The van der Waals surface area contributed by atoms with Crippen LogP contribution in [-0.4, -0.2) is 62.7 Å². The standard InChI is InChI=1S/C12H27N3/c1-11(7-8-13-2)15(4)10-12-6-5-9-14(12)3/h11-13H,5-10H2,1-4H3. The van der Waals surface area contributed by atoms with Gasteiger partial charge in [-0.05, 0) is 60.4 Å². The monoisotopic (exact) mass is 213 g/mol. The Morgan fingerprint density at radius 2 is 2.27 bits per heavy atom. The molecule has 0 aromatic heterocycles. The van der Waals surface area contributed by atoms with Gasteiger partial charge in [-0.2, -0.15) is 0 Å². The van der Waals surface area contributed by atoms with Crippen LogP contribution in [0, 0.1) is 0 Å². The maximum Gasteiger partial charge on any atom is 0.0220 e. The van der Waals surface area contributed by atoms with E-state index in [0.717, 1.165) is 12.6 Å². The number of rotatable bonds is 6. The summed E-state index contributed by atoms with van der Waals surface area (Å²) in [7, 11) is 6.54. The first kappa shape index (κ1) is 12.9. The van der Waals surface area contributed by atoms with E-state index >= 15 is 0 Å². The molecule has 15 heavy (non-hydrogen) atoms. The summed E-state index contributed by atoms with van der Waals surface area (Å²) in [6.07, 6.45) is 3.99. The average Bonchev–Trinajstić information content (AvgIpc) is 2.61. The zero-order valence-electron chi connectivity index (χ0n) is 10.8. The number of hydrogen-bond donors (Lipinski definition) is 1. The second-order valence-electron chi connectivity index (χ2n) is 4.96. The first-order valence-corrected chi connectivity index (χ1v) is 6.20. The van der Waals surface area contributed by atoms with Crippen molar-refractivity contribution < 1.29 is 0 Å². The third-order valence-corrected chi connectivity index (χ3v) is 3.73. The van der Waals surface area contributed by atoms with Crippen LogP contribution < -0.4 is 5.32 Å². The van der Waals surface area contributed by atoms with Crippen molar-refractivity contribution in [3.8, 4) is 0 Å². The van der Waals surface area contributed by atoms with Crippen molar-refractivity contribution in [2.75, 3.05) is 40.8 Å². The van der Waals surface area contributed by atoms with E-state index in [2.05, 4.69) is 36.1 Å². The third kappa shape index (κ3) is 4.09. The van der Waals surface area contributed by atoms with Crippen LogP contribution in [0.15, 0.2) is 0 Å². The van der Waals surface area contributed by atoms with E-state index in [4.69, 9.17) is 0 Å². The van der Waals surface area contributed by atoms with Gasteiger partial charge in [0.25, 0.3) is 0 Å². The molecule has 2 unspecified atom stereocenters. The molecule has 1 heterocycles. The van der Waals surface area contributed by atoms with Crippen molar-refractivity contribution in [2.45, 2.75) is 38.3 Å². The fourth-order valence-corrected chi connectivity index (χ4v) is 2.30. The van der Waals surface area contributed by atoms with Gasteiger partial charge in [-0.3, -0.25) is 0 Å². The van der Waals surface area contributed by atoms with Gasteiger partial charge in [-0.15, -0.1) is 0 Å². The number of likely N-dealkylation sites (tertiary alicyclic amines) is 1. The van der Waals surface area contributed by atoms with Crippen LogP contribution in [0.3, 0.4) is 0 Å². The van der Waals surface area contributed by atoms with E-state index in [0.29, 0.717) is 6.04 Å². The summed E-state index contributed by atoms with van der Waals surface area (Å²) in [4.78, 5) is 5.01. The highest BCUT2D eigenvalue weighted by atomic mass is 15.2. The Morgan fingerprint density at radius 3 is 2.80 bits per heavy atom. The first-order valence-electron chi connectivity index (χ1n) is 6.20. The predicted octanol–water partition coefficient (Wildman–Crippen LogP) is 1.01. The van der Waals surface area contributed by atoms with Crippen LogP contribution in [-0.2, 0) is 0 Å². The molecule has 0 aromatic rings. The second-order valence-corrected chi connectivity index (χ2v) is 4.96. The Balaban J connectivity index is 2.24. The molecule has 0 aliphatic carbocycles. The molecule has 0 spiro atoms. The molecule has 0 saturated carbocycles. The van der Waals surface area contributed by atoms with Crippen LogP contribution in [0.2, 0.25) is 0 Å². The van der Waals surface area contributed by atoms with Crippen LogP contribution in [0.1, 0.15) is 26.2 Å². The summed E-state index contributed by atoms with van der Waals surface area (Å²) >= 11 is 0. The third-order valence-electron chi connectivity index (χ3n) is 3.73. The number of nitrogens with one attached hydrogen (secondary N) is 1. The summed E-state index contributed by atoms with van der Waals surface area (Å²) in [5.41, 5.74) is 0. The second kappa shape index (κ2) is 6.46. The number of hydrogen-bond acceptors (Lipinski definition) is 3. The Labute approximate surface area is 94.8 Å². The Hall–Kier alpha value is -0.120. The van der Waals surface area contributed by atoms with E-state index in [1.54, 1.807) is 0 Å². The molecule has 0 radical (unpaired) electrons. The van der Waals surface area contributed by atoms with Crippen LogP contribution in [0.25, 0.3) is 0 Å². The highest BCUT2D eigenvalue weighted by Crippen LogP contribution is 2.16. The zero-order valence-corrected chi connectivity index (χ0v) is 10.8. The highest BCUT2D eigenvalue weighted by Gasteiger charge is 2.23. The number of nitrogens with zero attached hydrogens (tertiary/aromatic N) is 2. The fraction of sp³-hybridized carbons (Fsp3) is 1.00. The Bertz CT molecular complexity index is 172. The summed E-state index contributed by atoms with van der Waals surface area (Å²) in [5.74, 6) is 0. The predicted molar refractivity (Wildman–Crippen MR) is 66.3 cm³/mol. The molecule has 0 amide bonds. The van der Waals surface area contributed by atoms with E-state index in [-0.39, 0.29) is 0 Å². The van der Waals surface area contributed by atoms with Gasteiger partial charge in [-0.1, -0.05) is 0 Å². The molecule has 1 fully saturated rings. The minimum atomic E-state index is 0.687. The fourth-order valence-electron chi connectivity index (χ4n) is 2.30. The van der Waals surface area contributed by atoms with Gasteiger partial charge in [-0.25, -0.2) is 0 Å². The van der Waals surface area contributed by atoms with Gasteiger partial charge >= 0.3 is 0 Å². The first-order chi connectivity index (χ1) is 7.15. The maximum absolute atomic E-state index is 3.22. The Morgan fingerprint density at radius 1 is 1.53 bits per heavy atom. The molecule has 2 atom stereocenters. The normalized spacial score (nSPS) is 25.0. The van der Waals surface area contributed by atoms with Crippen molar-refractivity contribution in [2.24, 2.45) is 0 Å². The highest BCUT2D eigenvalue weighted by molar-refractivity contribution is 4.80. The van der Waals surface area contributed by atoms with Gasteiger partial charge in [0, 0.05) is 18.6 Å². The van der Waals surface area contributed by atoms with Gasteiger partial charge in [0.15, 0.2) is 0 Å². The van der Waals surface area contributed by atoms with Crippen LogP contribution in [0.5, 0.6) is 0 Å². The van der Waals surface area contributed by atoms with Gasteiger partial charge in [0.05, 0.1) is 0 Å². The lowest BCUT2D eigenvalue weighted by atomic mass is 10.1. The molecule has 3 nitrogen and oxygen atoms in total. The summed E-state index contributed by atoms with van der Waals surface area (Å²) in [5, 5.41) is 3.22. The van der Waals surface area contributed by atoms with Crippen molar-refractivity contribution in [1.29, 1.82) is 0 Å². The SMILES string of the molecule is CNCCC(C)N(C)CC1CCCN1C. The van der Waals surface area contributed by atoms with Crippen molar-refractivity contribution in [3.05, 3.63) is 0 Å². The molecule has 0 aromatic carbocycles. The molecule has 1 rings (SSSR count). The summed E-state index contributed by atoms with van der Waals surface area (Å²) < 4.78 is 0. The smallest absolute Gasteiger partial charge is 0.0220 e. The van der Waals surface area contributed by atoms with Crippen molar-refractivity contribution in [1.82, 2.24) is 15.1 Å². The number of likely N-dealkylation sites (N-methyl/N-ethyl adjacent to an activating group) is 2. The Kier molecular flexibility index (Phi) is 5.58. The maximum atomic E-state index is 3.22. The molecular formula is C12H27N3. The lowest BCUT2D eigenvalue weighted by Gasteiger charge is -2.30. The minimum absolute atomic E-state index is 0.687. The molecule has 1 N–H and O–H groups in total. The molecule has 1 aliphatic rings. The van der Waals surface area contributed by atoms with Crippen molar-refractivity contribution in [3.63, 3.8) is 0 Å². The van der Waals surface area contributed by atoms with Crippen LogP contribution >= 0.6 is 0 Å². The molecule has 1 aliphatic heterocycles. The average molecular weight is 213 g/mol. The van der Waals surface area contributed by atoms with E-state index in [9.17, 15) is 0 Å².